The minimum Gasteiger partial charge on any atom is -0.388 e. The van der Waals surface area contributed by atoms with E-state index in [1.54, 1.807) is 0 Å². The summed E-state index contributed by atoms with van der Waals surface area (Å²) in [5.74, 6) is 0. The first kappa shape index (κ1) is 9.74. The van der Waals surface area contributed by atoms with E-state index in [1.165, 1.54) is 17.7 Å². The first-order chi connectivity index (χ1) is 6.74. The molecule has 1 aromatic rings. The third kappa shape index (κ3) is 1.47. The summed E-state index contributed by atoms with van der Waals surface area (Å²) >= 11 is 0. The Bertz CT molecular complexity index is 330. The molecule has 0 aromatic carbocycles. The largest absolute Gasteiger partial charge is 0.388 e. The highest BCUT2D eigenvalue weighted by Crippen LogP contribution is 2.32. The van der Waals surface area contributed by atoms with Gasteiger partial charge in [-0.2, -0.15) is 0 Å². The van der Waals surface area contributed by atoms with E-state index in [9.17, 15) is 5.11 Å². The Morgan fingerprint density at radius 1 is 1.50 bits per heavy atom. The van der Waals surface area contributed by atoms with Crippen LogP contribution in [-0.2, 0) is 12.8 Å². The average Bonchev–Trinajstić information content (AvgIpc) is 2.63. The summed E-state index contributed by atoms with van der Waals surface area (Å²) in [5, 5.41) is 9.95. The molecule has 0 spiro atoms. The Morgan fingerprint density at radius 2 is 2.29 bits per heavy atom. The highest BCUT2D eigenvalue weighted by atomic mass is 16.3. The topological polar surface area (TPSA) is 62.0 Å². The van der Waals surface area contributed by atoms with E-state index in [1.807, 2.05) is 6.92 Å². The van der Waals surface area contributed by atoms with Crippen LogP contribution in [0.1, 0.15) is 41.5 Å². The molecule has 1 aliphatic carbocycles. The lowest BCUT2D eigenvalue weighted by Crippen LogP contribution is -2.08. The molecule has 0 saturated heterocycles. The third-order valence-corrected chi connectivity index (χ3v) is 3.06. The van der Waals surface area contributed by atoms with Crippen LogP contribution in [0.5, 0.6) is 0 Å². The van der Waals surface area contributed by atoms with Crippen LogP contribution in [0.15, 0.2) is 0 Å². The molecule has 3 nitrogen and oxygen atoms in total. The van der Waals surface area contributed by atoms with Crippen molar-refractivity contribution >= 4 is 0 Å². The molecule has 1 unspecified atom stereocenters. The number of fused-ring (bicyclic) bond motifs is 1. The van der Waals surface area contributed by atoms with E-state index in [2.05, 4.69) is 4.98 Å². The van der Waals surface area contributed by atoms with E-state index < -0.39 is 0 Å². The van der Waals surface area contributed by atoms with Gasteiger partial charge in [-0.25, -0.2) is 0 Å². The van der Waals surface area contributed by atoms with Gasteiger partial charge in [0.05, 0.1) is 6.10 Å². The summed E-state index contributed by atoms with van der Waals surface area (Å²) < 4.78 is 0. The van der Waals surface area contributed by atoms with Crippen LogP contribution in [0.2, 0.25) is 0 Å². The zero-order valence-electron chi connectivity index (χ0n) is 8.64. The van der Waals surface area contributed by atoms with Crippen molar-refractivity contribution in [2.45, 2.75) is 38.7 Å². The van der Waals surface area contributed by atoms with E-state index in [4.69, 9.17) is 5.73 Å². The fraction of sp³-hybridized carbons (Fsp3) is 0.636. The van der Waals surface area contributed by atoms with Gasteiger partial charge in [0.1, 0.15) is 0 Å². The quantitative estimate of drug-likeness (QED) is 0.677. The molecular formula is C11H18N2O. The van der Waals surface area contributed by atoms with E-state index in [0.29, 0.717) is 13.0 Å². The van der Waals surface area contributed by atoms with E-state index in [0.717, 1.165) is 24.1 Å². The molecule has 14 heavy (non-hydrogen) atoms. The molecule has 4 N–H and O–H groups in total. The molecule has 1 heterocycles. The second-order valence-electron chi connectivity index (χ2n) is 4.07. The maximum atomic E-state index is 9.95. The van der Waals surface area contributed by atoms with Gasteiger partial charge in [0.2, 0.25) is 0 Å². The predicted octanol–water partition coefficient (Wildman–Crippen LogP) is 1.19. The van der Waals surface area contributed by atoms with Gasteiger partial charge in [0, 0.05) is 17.0 Å². The van der Waals surface area contributed by atoms with Crippen molar-refractivity contribution < 1.29 is 5.11 Å². The zero-order chi connectivity index (χ0) is 10.1. The highest BCUT2D eigenvalue weighted by molar-refractivity contribution is 5.40. The van der Waals surface area contributed by atoms with Crippen LogP contribution < -0.4 is 5.73 Å². The highest BCUT2D eigenvalue weighted by Gasteiger charge is 2.23. The third-order valence-electron chi connectivity index (χ3n) is 3.06. The average molecular weight is 194 g/mol. The number of aromatic nitrogens is 1. The lowest BCUT2D eigenvalue weighted by molar-refractivity contribution is 0.169. The summed E-state index contributed by atoms with van der Waals surface area (Å²) in [6.45, 7) is 2.58. The van der Waals surface area contributed by atoms with Gasteiger partial charge >= 0.3 is 0 Å². The summed E-state index contributed by atoms with van der Waals surface area (Å²) in [6.07, 6.45) is 3.73. The van der Waals surface area contributed by atoms with Crippen LogP contribution in [-0.4, -0.2) is 16.6 Å². The number of aromatic amines is 1. The number of hydrogen-bond donors (Lipinski definition) is 3. The van der Waals surface area contributed by atoms with Crippen molar-refractivity contribution in [1.82, 2.24) is 4.98 Å². The Balaban J connectivity index is 2.32. The van der Waals surface area contributed by atoms with Gasteiger partial charge in [0.15, 0.2) is 0 Å². The van der Waals surface area contributed by atoms with Gasteiger partial charge < -0.3 is 15.8 Å². The van der Waals surface area contributed by atoms with Crippen molar-refractivity contribution in [3.63, 3.8) is 0 Å². The van der Waals surface area contributed by atoms with Crippen LogP contribution in [0.3, 0.4) is 0 Å². The lowest BCUT2D eigenvalue weighted by atomic mass is 10.0. The van der Waals surface area contributed by atoms with Gasteiger partial charge in [-0.1, -0.05) is 0 Å². The molecule has 0 radical (unpaired) electrons. The standard InChI is InChI=1S/C11H18N2O/c1-7-11(10(14)5-6-12)8-3-2-4-9(8)13-7/h10,13-14H,2-6,12H2,1H3. The summed E-state index contributed by atoms with van der Waals surface area (Å²) in [7, 11) is 0. The summed E-state index contributed by atoms with van der Waals surface area (Å²) in [4.78, 5) is 3.36. The maximum Gasteiger partial charge on any atom is 0.0822 e. The molecule has 1 atom stereocenters. The van der Waals surface area contributed by atoms with Gasteiger partial charge in [0.25, 0.3) is 0 Å². The van der Waals surface area contributed by atoms with Crippen LogP contribution in [0.4, 0.5) is 0 Å². The molecular weight excluding hydrogens is 176 g/mol. The number of aryl methyl sites for hydroxylation is 2. The normalized spacial score (nSPS) is 17.1. The Labute approximate surface area is 84.3 Å². The lowest BCUT2D eigenvalue weighted by Gasteiger charge is -2.11. The number of aliphatic hydroxyl groups excluding tert-OH is 1. The van der Waals surface area contributed by atoms with Crippen LogP contribution >= 0.6 is 0 Å². The second kappa shape index (κ2) is 3.75. The SMILES string of the molecule is Cc1[nH]c2c(c1C(O)CCN)CCC2. The summed E-state index contributed by atoms with van der Waals surface area (Å²) in [5.41, 5.74) is 10.4. The Hall–Kier alpha value is -0.800. The maximum absolute atomic E-state index is 9.95. The second-order valence-corrected chi connectivity index (χ2v) is 4.07. The minimum absolute atomic E-state index is 0.377. The number of rotatable bonds is 3. The number of nitrogens with two attached hydrogens (primary N) is 1. The van der Waals surface area contributed by atoms with Crippen molar-refractivity contribution in [2.24, 2.45) is 5.73 Å². The number of H-pyrrole nitrogens is 1. The number of hydrogen-bond acceptors (Lipinski definition) is 2. The van der Waals surface area contributed by atoms with Crippen molar-refractivity contribution in [1.29, 1.82) is 0 Å². The van der Waals surface area contributed by atoms with E-state index >= 15 is 0 Å². The number of aliphatic hydroxyl groups is 1. The molecule has 0 fully saturated rings. The first-order valence-corrected chi connectivity index (χ1v) is 5.32. The van der Waals surface area contributed by atoms with Gasteiger partial charge in [-0.15, -0.1) is 0 Å². The molecule has 0 bridgehead atoms. The van der Waals surface area contributed by atoms with Crippen molar-refractivity contribution in [3.05, 3.63) is 22.5 Å². The first-order valence-electron chi connectivity index (χ1n) is 5.32. The summed E-state index contributed by atoms with van der Waals surface area (Å²) in [6, 6.07) is 0. The van der Waals surface area contributed by atoms with Crippen molar-refractivity contribution in [3.8, 4) is 0 Å². The number of nitrogens with one attached hydrogen (secondary N) is 1. The molecule has 0 saturated carbocycles. The molecule has 1 aliphatic rings. The van der Waals surface area contributed by atoms with Crippen molar-refractivity contribution in [2.75, 3.05) is 6.54 Å². The predicted molar refractivity (Wildman–Crippen MR) is 56.2 cm³/mol. The smallest absolute Gasteiger partial charge is 0.0822 e. The van der Waals surface area contributed by atoms with Crippen LogP contribution in [0, 0.1) is 6.92 Å². The zero-order valence-corrected chi connectivity index (χ0v) is 8.64. The molecule has 3 heteroatoms. The van der Waals surface area contributed by atoms with Gasteiger partial charge in [-0.3, -0.25) is 0 Å². The van der Waals surface area contributed by atoms with Gasteiger partial charge in [-0.05, 0) is 44.7 Å². The van der Waals surface area contributed by atoms with Crippen LogP contribution in [0.25, 0.3) is 0 Å². The molecule has 2 rings (SSSR count). The monoisotopic (exact) mass is 194 g/mol. The van der Waals surface area contributed by atoms with E-state index in [-0.39, 0.29) is 6.10 Å². The molecule has 78 valence electrons. The Kier molecular flexibility index (Phi) is 2.61. The Morgan fingerprint density at radius 3 is 3.00 bits per heavy atom. The molecule has 0 amide bonds. The molecule has 0 aliphatic heterocycles. The molecule has 1 aromatic heterocycles. The fourth-order valence-electron chi connectivity index (χ4n) is 2.45. The minimum atomic E-state index is -0.377. The fourth-order valence-corrected chi connectivity index (χ4v) is 2.45.